The summed E-state index contributed by atoms with van der Waals surface area (Å²) in [6.07, 6.45) is 1.11. The predicted octanol–water partition coefficient (Wildman–Crippen LogP) is 2.32. The average Bonchev–Trinajstić information content (AvgIpc) is 2.18. The van der Waals surface area contributed by atoms with Gasteiger partial charge in [0.1, 0.15) is 5.75 Å². The van der Waals surface area contributed by atoms with E-state index in [0.29, 0.717) is 6.04 Å². The Bertz CT molecular complexity index is 314. The van der Waals surface area contributed by atoms with E-state index in [2.05, 4.69) is 24.4 Å². The molecule has 0 amide bonds. The quantitative estimate of drug-likeness (QED) is 0.773. The summed E-state index contributed by atoms with van der Waals surface area (Å²) in [5.41, 5.74) is 2.83. The summed E-state index contributed by atoms with van der Waals surface area (Å²) in [5, 5.41) is 3.43. The fourth-order valence-corrected chi connectivity index (χ4v) is 1.88. The lowest BCUT2D eigenvalue weighted by Gasteiger charge is -2.24. The predicted molar refractivity (Wildman–Crippen MR) is 60.4 cm³/mol. The van der Waals surface area contributed by atoms with Crippen LogP contribution in [0.25, 0.3) is 0 Å². The number of fused-ring (bicyclic) bond motifs is 1. The number of halogens is 1. The van der Waals surface area contributed by atoms with E-state index in [1.54, 1.807) is 7.11 Å². The van der Waals surface area contributed by atoms with E-state index in [-0.39, 0.29) is 12.4 Å². The van der Waals surface area contributed by atoms with Crippen molar-refractivity contribution >= 4 is 12.4 Å². The van der Waals surface area contributed by atoms with E-state index in [0.717, 1.165) is 18.7 Å². The Hall–Kier alpha value is -0.730. The third-order valence-corrected chi connectivity index (χ3v) is 2.66. The molecule has 1 aromatic carbocycles. The first-order valence-electron chi connectivity index (χ1n) is 4.71. The van der Waals surface area contributed by atoms with E-state index in [1.807, 2.05) is 6.07 Å². The highest BCUT2D eigenvalue weighted by atomic mass is 35.5. The van der Waals surface area contributed by atoms with Gasteiger partial charge in [-0.15, -0.1) is 12.4 Å². The maximum Gasteiger partial charge on any atom is 0.119 e. The molecule has 0 unspecified atom stereocenters. The monoisotopic (exact) mass is 213 g/mol. The summed E-state index contributed by atoms with van der Waals surface area (Å²) in [5.74, 6) is 0.966. The van der Waals surface area contributed by atoms with E-state index >= 15 is 0 Å². The highest BCUT2D eigenvalue weighted by Gasteiger charge is 2.15. The maximum atomic E-state index is 5.20. The van der Waals surface area contributed by atoms with E-state index in [9.17, 15) is 0 Å². The molecule has 2 nitrogen and oxygen atoms in total. The first kappa shape index (κ1) is 11.3. The minimum Gasteiger partial charge on any atom is -0.497 e. The molecule has 1 aliphatic rings. The van der Waals surface area contributed by atoms with Crippen LogP contribution in [0.1, 0.15) is 24.1 Å². The van der Waals surface area contributed by atoms with Crippen LogP contribution in [0.15, 0.2) is 18.2 Å². The SMILES string of the molecule is COc1ccc2c(c1)CCN[C@@H]2C.Cl. The van der Waals surface area contributed by atoms with Crippen LogP contribution in [0, 0.1) is 0 Å². The topological polar surface area (TPSA) is 21.3 Å². The van der Waals surface area contributed by atoms with Gasteiger partial charge >= 0.3 is 0 Å². The fraction of sp³-hybridized carbons (Fsp3) is 0.455. The number of methoxy groups -OCH3 is 1. The Balaban J connectivity index is 0.000000980. The molecule has 0 saturated heterocycles. The van der Waals surface area contributed by atoms with Gasteiger partial charge in [-0.05, 0) is 43.1 Å². The number of hydrogen-bond acceptors (Lipinski definition) is 2. The number of benzene rings is 1. The highest BCUT2D eigenvalue weighted by molar-refractivity contribution is 5.85. The lowest BCUT2D eigenvalue weighted by atomic mass is 9.95. The molecule has 1 heterocycles. The molecule has 14 heavy (non-hydrogen) atoms. The van der Waals surface area contributed by atoms with Crippen molar-refractivity contribution in [1.29, 1.82) is 0 Å². The minimum absolute atomic E-state index is 0. The van der Waals surface area contributed by atoms with Crippen molar-refractivity contribution in [2.45, 2.75) is 19.4 Å². The molecule has 1 N–H and O–H groups in total. The molecule has 1 aromatic rings. The maximum absolute atomic E-state index is 5.20. The number of rotatable bonds is 1. The molecule has 3 heteroatoms. The first-order valence-corrected chi connectivity index (χ1v) is 4.71. The highest BCUT2D eigenvalue weighted by Crippen LogP contribution is 2.25. The third-order valence-electron chi connectivity index (χ3n) is 2.66. The lowest BCUT2D eigenvalue weighted by Crippen LogP contribution is -2.27. The van der Waals surface area contributed by atoms with E-state index in [1.165, 1.54) is 11.1 Å². The van der Waals surface area contributed by atoms with Gasteiger partial charge in [-0.2, -0.15) is 0 Å². The lowest BCUT2D eigenvalue weighted by molar-refractivity contribution is 0.412. The minimum atomic E-state index is 0. The summed E-state index contributed by atoms with van der Waals surface area (Å²) in [6, 6.07) is 6.81. The molecule has 2 rings (SSSR count). The van der Waals surface area contributed by atoms with Gasteiger partial charge < -0.3 is 10.1 Å². The molecule has 1 aliphatic heterocycles. The largest absolute Gasteiger partial charge is 0.497 e. The van der Waals surface area contributed by atoms with Crippen molar-refractivity contribution in [1.82, 2.24) is 5.32 Å². The molecule has 0 spiro atoms. The van der Waals surface area contributed by atoms with Crippen molar-refractivity contribution in [3.8, 4) is 5.75 Å². The number of ether oxygens (including phenoxy) is 1. The van der Waals surface area contributed by atoms with Gasteiger partial charge in [-0.1, -0.05) is 6.07 Å². The Labute approximate surface area is 91.1 Å². The zero-order chi connectivity index (χ0) is 9.26. The Morgan fingerprint density at radius 1 is 1.43 bits per heavy atom. The zero-order valence-electron chi connectivity index (χ0n) is 8.54. The van der Waals surface area contributed by atoms with Crippen molar-refractivity contribution in [3.05, 3.63) is 29.3 Å². The normalized spacial score (nSPS) is 19.4. The molecule has 0 radical (unpaired) electrons. The third kappa shape index (κ3) is 2.02. The summed E-state index contributed by atoms with van der Waals surface area (Å²) in [6.45, 7) is 3.27. The Morgan fingerprint density at radius 2 is 2.21 bits per heavy atom. The van der Waals surface area contributed by atoms with Crippen LogP contribution in [-0.4, -0.2) is 13.7 Å². The van der Waals surface area contributed by atoms with Crippen LogP contribution < -0.4 is 10.1 Å². The first-order chi connectivity index (χ1) is 6.31. The van der Waals surface area contributed by atoms with Crippen molar-refractivity contribution in [2.24, 2.45) is 0 Å². The molecule has 0 aliphatic carbocycles. The molecular weight excluding hydrogens is 198 g/mol. The summed E-state index contributed by atoms with van der Waals surface area (Å²) in [7, 11) is 1.71. The smallest absolute Gasteiger partial charge is 0.119 e. The van der Waals surface area contributed by atoms with Gasteiger partial charge in [0, 0.05) is 6.04 Å². The molecule has 1 atom stereocenters. The molecular formula is C11H16ClNO. The van der Waals surface area contributed by atoms with E-state index < -0.39 is 0 Å². The summed E-state index contributed by atoms with van der Waals surface area (Å²) in [4.78, 5) is 0. The zero-order valence-corrected chi connectivity index (χ0v) is 9.36. The van der Waals surface area contributed by atoms with Gasteiger partial charge in [0.15, 0.2) is 0 Å². The van der Waals surface area contributed by atoms with Crippen molar-refractivity contribution < 1.29 is 4.74 Å². The van der Waals surface area contributed by atoms with Gasteiger partial charge in [-0.3, -0.25) is 0 Å². The van der Waals surface area contributed by atoms with Crippen LogP contribution in [-0.2, 0) is 6.42 Å². The van der Waals surface area contributed by atoms with Gasteiger partial charge in [-0.25, -0.2) is 0 Å². The van der Waals surface area contributed by atoms with Gasteiger partial charge in [0.2, 0.25) is 0 Å². The van der Waals surface area contributed by atoms with Crippen LogP contribution in [0.3, 0.4) is 0 Å². The van der Waals surface area contributed by atoms with Crippen LogP contribution in [0.5, 0.6) is 5.75 Å². The second-order valence-corrected chi connectivity index (χ2v) is 3.49. The van der Waals surface area contributed by atoms with Crippen molar-refractivity contribution in [2.75, 3.05) is 13.7 Å². The molecule has 0 aromatic heterocycles. The second kappa shape index (κ2) is 4.67. The molecule has 0 saturated carbocycles. The van der Waals surface area contributed by atoms with Crippen LogP contribution in [0.4, 0.5) is 0 Å². The van der Waals surface area contributed by atoms with Crippen LogP contribution >= 0.6 is 12.4 Å². The summed E-state index contributed by atoms with van der Waals surface area (Å²) < 4.78 is 5.20. The van der Waals surface area contributed by atoms with Gasteiger partial charge in [0.25, 0.3) is 0 Å². The standard InChI is InChI=1S/C11H15NO.ClH/c1-8-11-4-3-10(13-2)7-9(11)5-6-12-8;/h3-4,7-8,12H,5-6H2,1-2H3;1H/t8-;/m1./s1. The number of nitrogens with one attached hydrogen (secondary N) is 1. The fourth-order valence-electron chi connectivity index (χ4n) is 1.88. The number of hydrogen-bond donors (Lipinski definition) is 1. The molecule has 0 bridgehead atoms. The Kier molecular flexibility index (Phi) is 3.78. The second-order valence-electron chi connectivity index (χ2n) is 3.49. The van der Waals surface area contributed by atoms with Crippen LogP contribution in [0.2, 0.25) is 0 Å². The molecule has 78 valence electrons. The summed E-state index contributed by atoms with van der Waals surface area (Å²) >= 11 is 0. The Morgan fingerprint density at radius 3 is 2.93 bits per heavy atom. The van der Waals surface area contributed by atoms with Crippen molar-refractivity contribution in [3.63, 3.8) is 0 Å². The van der Waals surface area contributed by atoms with Gasteiger partial charge in [0.05, 0.1) is 7.11 Å². The van der Waals surface area contributed by atoms with E-state index in [4.69, 9.17) is 4.74 Å². The average molecular weight is 214 g/mol. The molecule has 0 fully saturated rings.